The molecule has 0 amide bonds. The number of hydrogen-bond acceptors (Lipinski definition) is 1. The summed E-state index contributed by atoms with van der Waals surface area (Å²) in [6.45, 7) is 3.96. The van der Waals surface area contributed by atoms with E-state index in [9.17, 15) is 0 Å². The molecule has 0 aliphatic carbocycles. The van der Waals surface area contributed by atoms with Crippen molar-refractivity contribution in [3.05, 3.63) is 23.9 Å². The van der Waals surface area contributed by atoms with E-state index in [0.29, 0.717) is 0 Å². The van der Waals surface area contributed by atoms with Crippen LogP contribution in [0.15, 0.2) is 23.9 Å². The zero-order valence-electron chi connectivity index (χ0n) is 7.63. The van der Waals surface area contributed by atoms with Crippen molar-refractivity contribution in [2.24, 2.45) is 0 Å². The monoisotopic (exact) mass is 173 g/mol. The molecule has 0 heterocycles. The van der Waals surface area contributed by atoms with Crippen LogP contribution in [0.2, 0.25) is 0 Å². The first-order valence-corrected chi connectivity index (χ1v) is 4.17. The SMILES string of the molecule is C/C=C(\C=C/C(C)Cl)N(C)C. The van der Waals surface area contributed by atoms with E-state index in [4.69, 9.17) is 11.6 Å². The molecule has 0 aromatic heterocycles. The first-order chi connectivity index (χ1) is 5.07. The fourth-order valence-electron chi connectivity index (χ4n) is 0.735. The van der Waals surface area contributed by atoms with Crippen molar-refractivity contribution in [3.63, 3.8) is 0 Å². The summed E-state index contributed by atoms with van der Waals surface area (Å²) in [4.78, 5) is 2.05. The number of alkyl halides is 1. The molecule has 0 fully saturated rings. The standard InChI is InChI=1S/C9H16ClN/c1-5-9(11(3)4)7-6-8(2)10/h5-8H,1-4H3/b7-6-,9-5+. The molecule has 1 atom stereocenters. The quantitative estimate of drug-likeness (QED) is 0.469. The molecule has 0 radical (unpaired) electrons. The van der Waals surface area contributed by atoms with Gasteiger partial charge in [0.25, 0.3) is 0 Å². The first kappa shape index (κ1) is 10.6. The summed E-state index contributed by atoms with van der Waals surface area (Å²) >= 11 is 5.75. The maximum Gasteiger partial charge on any atom is 0.0491 e. The minimum Gasteiger partial charge on any atom is -0.378 e. The zero-order chi connectivity index (χ0) is 8.85. The molecule has 1 unspecified atom stereocenters. The molecule has 0 bridgehead atoms. The molecule has 0 aromatic carbocycles. The van der Waals surface area contributed by atoms with Gasteiger partial charge >= 0.3 is 0 Å². The van der Waals surface area contributed by atoms with Crippen LogP contribution in [0.1, 0.15) is 13.8 Å². The Bertz CT molecular complexity index is 157. The number of rotatable bonds is 3. The predicted molar refractivity (Wildman–Crippen MR) is 51.9 cm³/mol. The van der Waals surface area contributed by atoms with E-state index in [1.165, 1.54) is 5.70 Å². The highest BCUT2D eigenvalue weighted by Gasteiger charge is 1.92. The first-order valence-electron chi connectivity index (χ1n) is 3.73. The second-order valence-electron chi connectivity index (χ2n) is 2.64. The fourth-order valence-corrected chi connectivity index (χ4v) is 0.807. The average Bonchev–Trinajstić information content (AvgIpc) is 1.87. The number of allylic oxidation sites excluding steroid dienone is 3. The maximum absolute atomic E-state index is 5.75. The lowest BCUT2D eigenvalue weighted by Crippen LogP contribution is -2.08. The Kier molecular flexibility index (Phi) is 5.05. The summed E-state index contributed by atoms with van der Waals surface area (Å²) < 4.78 is 0. The van der Waals surface area contributed by atoms with E-state index >= 15 is 0 Å². The van der Waals surface area contributed by atoms with Gasteiger partial charge in [0.05, 0.1) is 0 Å². The van der Waals surface area contributed by atoms with Crippen molar-refractivity contribution in [3.8, 4) is 0 Å². The normalized spacial score (nSPS) is 15.5. The Labute approximate surface area is 74.3 Å². The Hall–Kier alpha value is -0.430. The maximum atomic E-state index is 5.75. The fraction of sp³-hybridized carbons (Fsp3) is 0.556. The van der Waals surface area contributed by atoms with Crippen LogP contribution < -0.4 is 0 Å². The van der Waals surface area contributed by atoms with Gasteiger partial charge in [0.2, 0.25) is 0 Å². The lowest BCUT2D eigenvalue weighted by Gasteiger charge is -2.12. The molecule has 11 heavy (non-hydrogen) atoms. The highest BCUT2D eigenvalue weighted by molar-refractivity contribution is 6.21. The lowest BCUT2D eigenvalue weighted by atomic mass is 10.3. The zero-order valence-corrected chi connectivity index (χ0v) is 8.39. The molecule has 0 aliphatic heterocycles. The minimum absolute atomic E-state index is 0.102. The summed E-state index contributed by atoms with van der Waals surface area (Å²) in [6.07, 6.45) is 6.05. The molecular formula is C9H16ClN. The van der Waals surface area contributed by atoms with Crippen LogP contribution in [0.4, 0.5) is 0 Å². The van der Waals surface area contributed by atoms with Crippen molar-refractivity contribution in [1.82, 2.24) is 4.90 Å². The third-order valence-electron chi connectivity index (χ3n) is 1.34. The van der Waals surface area contributed by atoms with E-state index in [1.807, 2.05) is 40.1 Å². The molecule has 2 heteroatoms. The Morgan fingerprint density at radius 2 is 2.00 bits per heavy atom. The molecule has 0 saturated heterocycles. The highest BCUT2D eigenvalue weighted by Crippen LogP contribution is 2.03. The molecule has 0 N–H and O–H groups in total. The van der Waals surface area contributed by atoms with E-state index in [2.05, 4.69) is 11.0 Å². The summed E-state index contributed by atoms with van der Waals surface area (Å²) in [5, 5.41) is 0.102. The van der Waals surface area contributed by atoms with E-state index < -0.39 is 0 Å². The molecule has 0 saturated carbocycles. The van der Waals surface area contributed by atoms with E-state index in [-0.39, 0.29) is 5.38 Å². The topological polar surface area (TPSA) is 3.24 Å². The van der Waals surface area contributed by atoms with Gasteiger partial charge in [-0.15, -0.1) is 11.6 Å². The molecule has 0 aliphatic rings. The molecule has 1 nitrogen and oxygen atoms in total. The number of nitrogens with zero attached hydrogens (tertiary/aromatic N) is 1. The minimum atomic E-state index is 0.102. The summed E-state index contributed by atoms with van der Waals surface area (Å²) in [5.41, 5.74) is 1.18. The van der Waals surface area contributed by atoms with Crippen LogP contribution in [0, 0.1) is 0 Å². The molecule has 0 aromatic rings. The van der Waals surface area contributed by atoms with Crippen molar-refractivity contribution in [1.29, 1.82) is 0 Å². The third-order valence-corrected chi connectivity index (χ3v) is 1.49. The van der Waals surface area contributed by atoms with E-state index in [0.717, 1.165) is 0 Å². The van der Waals surface area contributed by atoms with Crippen LogP contribution in [-0.2, 0) is 0 Å². The Morgan fingerprint density at radius 3 is 2.27 bits per heavy atom. The van der Waals surface area contributed by atoms with Crippen LogP contribution in [0.25, 0.3) is 0 Å². The van der Waals surface area contributed by atoms with Gasteiger partial charge in [-0.3, -0.25) is 0 Å². The van der Waals surface area contributed by atoms with Crippen LogP contribution >= 0.6 is 11.6 Å². The second-order valence-corrected chi connectivity index (χ2v) is 3.33. The van der Waals surface area contributed by atoms with Gasteiger partial charge in [0, 0.05) is 25.2 Å². The van der Waals surface area contributed by atoms with Gasteiger partial charge in [-0.05, 0) is 19.9 Å². The molecule has 0 rings (SSSR count). The molecule has 0 spiro atoms. The summed E-state index contributed by atoms with van der Waals surface area (Å²) in [5.74, 6) is 0. The third kappa shape index (κ3) is 4.91. The molecule has 64 valence electrons. The van der Waals surface area contributed by atoms with Gasteiger partial charge in [-0.2, -0.15) is 0 Å². The number of likely N-dealkylation sites (N-methyl/N-ethyl adjacent to an activating group) is 1. The summed E-state index contributed by atoms with van der Waals surface area (Å²) in [7, 11) is 4.02. The van der Waals surface area contributed by atoms with Crippen molar-refractivity contribution in [2.75, 3.05) is 14.1 Å². The van der Waals surface area contributed by atoms with Gasteiger partial charge in [-0.25, -0.2) is 0 Å². The average molecular weight is 174 g/mol. The number of halogens is 1. The largest absolute Gasteiger partial charge is 0.378 e. The highest BCUT2D eigenvalue weighted by atomic mass is 35.5. The van der Waals surface area contributed by atoms with Gasteiger partial charge < -0.3 is 4.90 Å². The number of hydrogen-bond donors (Lipinski definition) is 0. The summed E-state index contributed by atoms with van der Waals surface area (Å²) in [6, 6.07) is 0. The van der Waals surface area contributed by atoms with Gasteiger partial charge in [-0.1, -0.05) is 12.2 Å². The Balaban J connectivity index is 4.10. The smallest absolute Gasteiger partial charge is 0.0491 e. The molecular weight excluding hydrogens is 158 g/mol. The van der Waals surface area contributed by atoms with Crippen LogP contribution in [-0.4, -0.2) is 24.4 Å². The Morgan fingerprint density at radius 1 is 1.45 bits per heavy atom. The van der Waals surface area contributed by atoms with Crippen LogP contribution in [0.5, 0.6) is 0 Å². The van der Waals surface area contributed by atoms with Crippen molar-refractivity contribution >= 4 is 11.6 Å². The predicted octanol–water partition coefficient (Wildman–Crippen LogP) is 2.64. The second kappa shape index (κ2) is 5.25. The van der Waals surface area contributed by atoms with Gasteiger partial charge in [0.15, 0.2) is 0 Å². The van der Waals surface area contributed by atoms with Gasteiger partial charge in [0.1, 0.15) is 0 Å². The lowest BCUT2D eigenvalue weighted by molar-refractivity contribution is 0.528. The van der Waals surface area contributed by atoms with Crippen molar-refractivity contribution < 1.29 is 0 Å². The van der Waals surface area contributed by atoms with Crippen LogP contribution in [0.3, 0.4) is 0 Å². The van der Waals surface area contributed by atoms with E-state index in [1.54, 1.807) is 0 Å². The van der Waals surface area contributed by atoms with Crippen molar-refractivity contribution in [2.45, 2.75) is 19.2 Å².